The van der Waals surface area contributed by atoms with Crippen LogP contribution in [0.2, 0.25) is 0 Å². The molecular formula is C46H51F2N7O12. The van der Waals surface area contributed by atoms with E-state index in [0.717, 1.165) is 17.0 Å². The molecule has 3 aromatic carbocycles. The van der Waals surface area contributed by atoms with E-state index in [9.17, 15) is 47.4 Å². The van der Waals surface area contributed by atoms with Crippen LogP contribution in [0, 0.1) is 11.6 Å². The number of hydrogen-bond donors (Lipinski definition) is 4. The summed E-state index contributed by atoms with van der Waals surface area (Å²) in [5, 5.41) is 16.2. The molecule has 7 amide bonds. The summed E-state index contributed by atoms with van der Waals surface area (Å²) in [6.07, 6.45) is -0.0613. The Labute approximate surface area is 383 Å². The second-order valence-corrected chi connectivity index (χ2v) is 16.3. The number of imide groups is 2. The SMILES string of the molecule is CN(CCOCCOCCOCCOCCN(C)c1ccc2c(c1)C(=O)N(C1CCC(=O)NC1=O)C2=O)C(=O)c1cc2cc(N3CC[C@](O)(C(=O)NCc4cc(F)cc(F)c4)C3=O)ccc2[nH]1. The van der Waals surface area contributed by atoms with Crippen molar-refractivity contribution in [2.24, 2.45) is 0 Å². The summed E-state index contributed by atoms with van der Waals surface area (Å²) in [6.45, 7) is 3.19. The van der Waals surface area contributed by atoms with Gasteiger partial charge < -0.3 is 49.1 Å². The molecule has 0 bridgehead atoms. The largest absolute Gasteiger partial charge is 0.377 e. The second-order valence-electron chi connectivity index (χ2n) is 16.3. The molecule has 21 heteroatoms. The number of halogens is 2. The van der Waals surface area contributed by atoms with Gasteiger partial charge in [0.25, 0.3) is 29.5 Å². The van der Waals surface area contributed by atoms with Crippen molar-refractivity contribution in [3.63, 3.8) is 0 Å². The minimum Gasteiger partial charge on any atom is -0.377 e. The molecule has 0 aliphatic carbocycles. The topological polar surface area (TPSA) is 229 Å². The fraction of sp³-hybridized carbons (Fsp3) is 0.413. The maximum atomic E-state index is 13.6. The van der Waals surface area contributed by atoms with Gasteiger partial charge >= 0.3 is 0 Å². The zero-order valence-corrected chi connectivity index (χ0v) is 36.9. The summed E-state index contributed by atoms with van der Waals surface area (Å²) in [6, 6.07) is 13.3. The molecule has 2 atom stereocenters. The molecular weight excluding hydrogens is 881 g/mol. The highest BCUT2D eigenvalue weighted by atomic mass is 19.1. The van der Waals surface area contributed by atoms with Gasteiger partial charge in [-0.2, -0.15) is 0 Å². The number of nitrogens with one attached hydrogen (secondary N) is 3. The number of likely N-dealkylation sites (N-methyl/N-ethyl adjacent to an activating group) is 2. The first-order valence-corrected chi connectivity index (χ1v) is 21.7. The van der Waals surface area contributed by atoms with Crippen LogP contribution in [-0.2, 0) is 44.7 Å². The molecule has 0 saturated carbocycles. The van der Waals surface area contributed by atoms with Crippen LogP contribution < -0.4 is 20.4 Å². The number of anilines is 2. The van der Waals surface area contributed by atoms with E-state index < -0.39 is 58.7 Å². The van der Waals surface area contributed by atoms with Crippen LogP contribution in [0.15, 0.2) is 60.7 Å². The minimum absolute atomic E-state index is 0.0361. The molecule has 4 heterocycles. The third-order valence-corrected chi connectivity index (χ3v) is 11.7. The molecule has 0 radical (unpaired) electrons. The number of amides is 7. The van der Waals surface area contributed by atoms with Gasteiger partial charge in [-0.1, -0.05) is 0 Å². The molecule has 1 unspecified atom stereocenters. The van der Waals surface area contributed by atoms with E-state index in [1.165, 1.54) is 9.80 Å². The van der Waals surface area contributed by atoms with Crippen molar-refractivity contribution < 1.29 is 66.4 Å². The number of H-pyrrole nitrogens is 1. The van der Waals surface area contributed by atoms with Crippen molar-refractivity contribution in [3.8, 4) is 0 Å². The van der Waals surface area contributed by atoms with E-state index in [-0.39, 0.29) is 61.6 Å². The zero-order chi connectivity index (χ0) is 47.8. The molecule has 3 aliphatic rings. The second kappa shape index (κ2) is 21.3. The molecule has 7 rings (SSSR count). The Morgan fingerprint density at radius 1 is 0.806 bits per heavy atom. The van der Waals surface area contributed by atoms with E-state index in [1.807, 2.05) is 11.9 Å². The third-order valence-electron chi connectivity index (χ3n) is 11.7. The molecule has 356 valence electrons. The number of piperidine rings is 1. The number of carbonyl (C=O) groups excluding carboxylic acids is 7. The molecule has 0 spiro atoms. The van der Waals surface area contributed by atoms with Crippen molar-refractivity contribution >= 4 is 63.6 Å². The first-order chi connectivity index (χ1) is 32.1. The average molecular weight is 932 g/mol. The summed E-state index contributed by atoms with van der Waals surface area (Å²) in [5.41, 5.74) is 0.226. The van der Waals surface area contributed by atoms with Crippen LogP contribution in [-0.4, -0.2) is 159 Å². The van der Waals surface area contributed by atoms with Crippen molar-refractivity contribution in [3.05, 3.63) is 94.7 Å². The third kappa shape index (κ3) is 11.1. The van der Waals surface area contributed by atoms with E-state index >= 15 is 0 Å². The average Bonchev–Trinajstić information content (AvgIpc) is 3.95. The van der Waals surface area contributed by atoms with Gasteiger partial charge in [-0.05, 0) is 66.6 Å². The maximum Gasteiger partial charge on any atom is 0.270 e. The Morgan fingerprint density at radius 2 is 1.45 bits per heavy atom. The predicted molar refractivity (Wildman–Crippen MR) is 235 cm³/mol. The fourth-order valence-corrected chi connectivity index (χ4v) is 7.90. The Balaban J connectivity index is 0.729. The maximum absolute atomic E-state index is 13.6. The van der Waals surface area contributed by atoms with Gasteiger partial charge in [-0.25, -0.2) is 8.78 Å². The van der Waals surface area contributed by atoms with Gasteiger partial charge in [-0.15, -0.1) is 0 Å². The molecule has 67 heavy (non-hydrogen) atoms. The number of aromatic nitrogens is 1. The first kappa shape index (κ1) is 48.3. The highest BCUT2D eigenvalue weighted by Gasteiger charge is 2.52. The van der Waals surface area contributed by atoms with E-state index in [4.69, 9.17) is 18.9 Å². The van der Waals surface area contributed by atoms with Crippen molar-refractivity contribution in [1.82, 2.24) is 25.4 Å². The number of ether oxygens (including phenoxy) is 4. The Hall–Kier alpha value is -6.65. The molecule has 1 aromatic heterocycles. The highest BCUT2D eigenvalue weighted by molar-refractivity contribution is 6.24. The van der Waals surface area contributed by atoms with Gasteiger partial charge in [0.15, 0.2) is 0 Å². The van der Waals surface area contributed by atoms with Gasteiger partial charge in [-0.3, -0.25) is 43.8 Å². The lowest BCUT2D eigenvalue weighted by atomic mass is 10.0. The van der Waals surface area contributed by atoms with Gasteiger partial charge in [0.05, 0.1) is 64.0 Å². The predicted octanol–water partition coefficient (Wildman–Crippen LogP) is 1.91. The molecule has 4 aromatic rings. The minimum atomic E-state index is -2.37. The monoisotopic (exact) mass is 931 g/mol. The Kier molecular flexibility index (Phi) is 15.4. The number of aromatic amines is 1. The Morgan fingerprint density at radius 3 is 2.12 bits per heavy atom. The number of hydrogen-bond acceptors (Lipinski definition) is 13. The number of aliphatic hydroxyl groups is 1. The zero-order valence-electron chi connectivity index (χ0n) is 36.9. The van der Waals surface area contributed by atoms with Crippen molar-refractivity contribution in [2.75, 3.05) is 96.4 Å². The van der Waals surface area contributed by atoms with E-state index in [2.05, 4.69) is 15.6 Å². The molecule has 19 nitrogen and oxygen atoms in total. The molecule has 4 N–H and O–H groups in total. The summed E-state index contributed by atoms with van der Waals surface area (Å²) >= 11 is 0. The molecule has 3 aliphatic heterocycles. The number of fused-ring (bicyclic) bond motifs is 2. The number of nitrogens with zero attached hydrogens (tertiary/aromatic N) is 4. The van der Waals surface area contributed by atoms with Crippen LogP contribution in [0.5, 0.6) is 0 Å². The summed E-state index contributed by atoms with van der Waals surface area (Å²) in [7, 11) is 3.47. The summed E-state index contributed by atoms with van der Waals surface area (Å²) in [5.74, 6) is -5.97. The summed E-state index contributed by atoms with van der Waals surface area (Å²) < 4.78 is 49.6. The van der Waals surface area contributed by atoms with E-state index in [1.54, 1.807) is 49.5 Å². The quantitative estimate of drug-likeness (QED) is 0.0503. The van der Waals surface area contributed by atoms with Crippen molar-refractivity contribution in [1.29, 1.82) is 0 Å². The van der Waals surface area contributed by atoms with Gasteiger partial charge in [0.2, 0.25) is 17.4 Å². The van der Waals surface area contributed by atoms with Gasteiger partial charge in [0.1, 0.15) is 23.4 Å². The smallest absolute Gasteiger partial charge is 0.270 e. The number of rotatable bonds is 22. The number of benzene rings is 3. The van der Waals surface area contributed by atoms with Crippen molar-refractivity contribution in [2.45, 2.75) is 37.5 Å². The lowest BCUT2D eigenvalue weighted by Crippen LogP contribution is -2.54. The molecule has 2 fully saturated rings. The lowest BCUT2D eigenvalue weighted by molar-refractivity contribution is -0.149. The van der Waals surface area contributed by atoms with E-state index in [0.29, 0.717) is 93.4 Å². The van der Waals surface area contributed by atoms with Crippen LogP contribution in [0.25, 0.3) is 10.9 Å². The standard InChI is InChI=1S/C46H51F2N7O12/c1-52(32-3-5-34-35(26-32)42(59)55(41(34)58)38-7-8-39(56)51-40(38)57)11-13-64-15-17-66-19-20-67-18-16-65-14-12-53(2)43(60)37-24-29-23-33(4-6-36(29)50-37)54-10-9-46(63,45(54)62)44(61)49-27-28-21-30(47)25-31(48)22-28/h3-6,21-26,38,50,63H,7-20,27H2,1-2H3,(H,49,61)(H,51,56,57)/t38?,46-/m0/s1. The first-order valence-electron chi connectivity index (χ1n) is 21.7. The molecule has 2 saturated heterocycles. The van der Waals surface area contributed by atoms with Gasteiger partial charge in [0, 0.05) is 81.5 Å². The van der Waals surface area contributed by atoms with Crippen LogP contribution in [0.1, 0.15) is 56.0 Å². The highest BCUT2D eigenvalue weighted by Crippen LogP contribution is 2.32. The van der Waals surface area contributed by atoms with Crippen LogP contribution in [0.4, 0.5) is 20.2 Å². The Bertz CT molecular complexity index is 2530. The number of carbonyl (C=O) groups is 7. The lowest BCUT2D eigenvalue weighted by Gasteiger charge is -2.27. The normalized spacial score (nSPS) is 18.2. The van der Waals surface area contributed by atoms with Crippen LogP contribution in [0.3, 0.4) is 0 Å². The summed E-state index contributed by atoms with van der Waals surface area (Å²) in [4.78, 5) is 98.0. The fourth-order valence-electron chi connectivity index (χ4n) is 7.90. The van der Waals surface area contributed by atoms with Crippen LogP contribution >= 0.6 is 0 Å².